The maximum atomic E-state index is 5.45. The van der Waals surface area contributed by atoms with Gasteiger partial charge in [0.25, 0.3) is 0 Å². The Morgan fingerprint density at radius 2 is 1.84 bits per heavy atom. The van der Waals surface area contributed by atoms with Crippen LogP contribution in [0.5, 0.6) is 0 Å². The molecule has 94 valence electrons. The second-order valence-electron chi connectivity index (χ2n) is 4.53. The van der Waals surface area contributed by atoms with Crippen molar-refractivity contribution in [2.45, 2.75) is 6.92 Å². The van der Waals surface area contributed by atoms with Crippen LogP contribution < -0.4 is 4.57 Å². The summed E-state index contributed by atoms with van der Waals surface area (Å²) < 4.78 is 7.55. The monoisotopic (exact) mass is 251 g/mol. The molecule has 0 amide bonds. The summed E-state index contributed by atoms with van der Waals surface area (Å²) in [5.74, 6) is 0.648. The topological polar surface area (TPSA) is 29.9 Å². The van der Waals surface area contributed by atoms with Crippen LogP contribution in [-0.2, 0) is 7.05 Å². The van der Waals surface area contributed by atoms with Crippen molar-refractivity contribution in [1.29, 1.82) is 0 Å². The largest absolute Gasteiger partial charge is 0.444 e. The molecule has 0 saturated heterocycles. The van der Waals surface area contributed by atoms with Crippen molar-refractivity contribution in [2.75, 3.05) is 0 Å². The average molecular weight is 251 g/mol. The Labute approximate surface area is 112 Å². The van der Waals surface area contributed by atoms with E-state index < -0.39 is 0 Å². The number of hydrogen-bond donors (Lipinski definition) is 0. The molecule has 2 heterocycles. The zero-order valence-electron chi connectivity index (χ0n) is 11.0. The lowest BCUT2D eigenvalue weighted by Crippen LogP contribution is -2.31. The van der Waals surface area contributed by atoms with Gasteiger partial charge in [0.15, 0.2) is 6.20 Å². The Kier molecular flexibility index (Phi) is 2.88. The Morgan fingerprint density at radius 1 is 1.05 bits per heavy atom. The van der Waals surface area contributed by atoms with E-state index in [2.05, 4.69) is 34.7 Å². The number of aryl methyl sites for hydroxylation is 2. The van der Waals surface area contributed by atoms with Gasteiger partial charge in [-0.2, -0.15) is 0 Å². The average Bonchev–Trinajstić information content (AvgIpc) is 2.93. The second kappa shape index (κ2) is 4.69. The third kappa shape index (κ3) is 2.03. The van der Waals surface area contributed by atoms with E-state index in [1.165, 1.54) is 11.1 Å². The summed E-state index contributed by atoms with van der Waals surface area (Å²) in [4.78, 5) is 4.26. The molecule has 19 heavy (non-hydrogen) atoms. The van der Waals surface area contributed by atoms with E-state index in [0.717, 1.165) is 11.3 Å². The predicted molar refractivity (Wildman–Crippen MR) is 73.3 cm³/mol. The van der Waals surface area contributed by atoms with Crippen LogP contribution in [0.1, 0.15) is 5.56 Å². The summed E-state index contributed by atoms with van der Waals surface area (Å²) in [6, 6.07) is 12.4. The predicted octanol–water partition coefficient (Wildman–Crippen LogP) is 3.14. The van der Waals surface area contributed by atoms with Gasteiger partial charge >= 0.3 is 0 Å². The van der Waals surface area contributed by atoms with Gasteiger partial charge in [0.05, 0.1) is 6.20 Å². The number of oxazole rings is 1. The van der Waals surface area contributed by atoms with Crippen molar-refractivity contribution in [3.05, 3.63) is 60.6 Å². The molecular weight excluding hydrogens is 236 g/mol. The van der Waals surface area contributed by atoms with Crippen LogP contribution in [0.2, 0.25) is 0 Å². The molecule has 3 rings (SSSR count). The lowest BCUT2D eigenvalue weighted by Gasteiger charge is -2.07. The first-order chi connectivity index (χ1) is 9.27. The fourth-order valence-electron chi connectivity index (χ4n) is 2.31. The van der Waals surface area contributed by atoms with Crippen molar-refractivity contribution >= 4 is 0 Å². The lowest BCUT2D eigenvalue weighted by atomic mass is 10.0. The summed E-state index contributed by atoms with van der Waals surface area (Å²) in [7, 11) is 2.04. The Bertz CT molecular complexity index is 703. The fraction of sp³-hybridized carbons (Fsp3) is 0.125. The van der Waals surface area contributed by atoms with Crippen molar-refractivity contribution in [3.8, 4) is 22.7 Å². The molecule has 0 N–H and O–H groups in total. The van der Waals surface area contributed by atoms with Crippen molar-refractivity contribution in [2.24, 2.45) is 7.05 Å². The third-order valence-corrected chi connectivity index (χ3v) is 3.24. The summed E-state index contributed by atoms with van der Waals surface area (Å²) >= 11 is 0. The van der Waals surface area contributed by atoms with Gasteiger partial charge in [0.2, 0.25) is 11.6 Å². The van der Waals surface area contributed by atoms with Gasteiger partial charge in [-0.3, -0.25) is 0 Å². The molecular formula is C16H15N2O+. The maximum Gasteiger partial charge on any atom is 0.232 e. The van der Waals surface area contributed by atoms with Crippen LogP contribution in [0.15, 0.2) is 59.5 Å². The molecule has 0 aliphatic rings. The number of rotatable bonds is 2. The molecule has 0 spiro atoms. The van der Waals surface area contributed by atoms with Crippen molar-refractivity contribution in [1.82, 2.24) is 4.98 Å². The van der Waals surface area contributed by atoms with E-state index >= 15 is 0 Å². The highest BCUT2D eigenvalue weighted by atomic mass is 16.3. The minimum atomic E-state index is 0.648. The molecule has 0 radical (unpaired) electrons. The van der Waals surface area contributed by atoms with E-state index in [-0.39, 0.29) is 0 Å². The highest BCUT2D eigenvalue weighted by Gasteiger charge is 2.20. The first kappa shape index (κ1) is 11.7. The van der Waals surface area contributed by atoms with E-state index in [9.17, 15) is 0 Å². The number of hydrogen-bond acceptors (Lipinski definition) is 2. The van der Waals surface area contributed by atoms with E-state index in [0.29, 0.717) is 5.89 Å². The molecule has 3 aromatic rings. The van der Waals surface area contributed by atoms with Gasteiger partial charge < -0.3 is 4.42 Å². The molecule has 0 fully saturated rings. The van der Waals surface area contributed by atoms with Crippen molar-refractivity contribution in [3.63, 3.8) is 0 Å². The number of nitrogens with zero attached hydrogens (tertiary/aromatic N) is 2. The molecule has 0 aliphatic carbocycles. The first-order valence-corrected chi connectivity index (χ1v) is 6.22. The third-order valence-electron chi connectivity index (χ3n) is 3.24. The Balaban J connectivity index is 2.29. The lowest BCUT2D eigenvalue weighted by molar-refractivity contribution is -0.660. The molecule has 1 aromatic carbocycles. The highest BCUT2D eigenvalue weighted by Crippen LogP contribution is 2.29. The standard InChI is InChI=1S/C16H15N2O/c1-12-6-3-4-7-13(12)15-14(8-5-10-18(15)2)16-17-9-11-19-16/h3-11H,1-2H3/q+1. The minimum absolute atomic E-state index is 0.648. The molecule has 0 atom stereocenters. The van der Waals surface area contributed by atoms with E-state index in [4.69, 9.17) is 4.42 Å². The molecule has 3 nitrogen and oxygen atoms in total. The van der Waals surface area contributed by atoms with Crippen LogP contribution in [0, 0.1) is 6.92 Å². The molecule has 0 bridgehead atoms. The van der Waals surface area contributed by atoms with Gasteiger partial charge in [0.1, 0.15) is 18.9 Å². The fourth-order valence-corrected chi connectivity index (χ4v) is 2.31. The molecule has 3 heteroatoms. The van der Waals surface area contributed by atoms with Gasteiger partial charge in [-0.25, -0.2) is 9.55 Å². The van der Waals surface area contributed by atoms with Crippen LogP contribution in [0.4, 0.5) is 0 Å². The van der Waals surface area contributed by atoms with Gasteiger partial charge in [0, 0.05) is 11.6 Å². The Morgan fingerprint density at radius 3 is 2.58 bits per heavy atom. The number of pyridine rings is 1. The van der Waals surface area contributed by atoms with E-state index in [1.807, 2.05) is 31.4 Å². The van der Waals surface area contributed by atoms with Crippen LogP contribution in [0.3, 0.4) is 0 Å². The molecule has 0 aliphatic heterocycles. The normalized spacial score (nSPS) is 10.6. The van der Waals surface area contributed by atoms with Crippen LogP contribution in [0.25, 0.3) is 22.7 Å². The first-order valence-electron chi connectivity index (χ1n) is 6.22. The van der Waals surface area contributed by atoms with Crippen molar-refractivity contribution < 1.29 is 8.98 Å². The van der Waals surface area contributed by atoms with Gasteiger partial charge in [-0.05, 0) is 24.6 Å². The Hall–Kier alpha value is -2.42. The molecule has 0 saturated carbocycles. The highest BCUT2D eigenvalue weighted by molar-refractivity contribution is 5.76. The van der Waals surface area contributed by atoms with Gasteiger partial charge in [-0.15, -0.1) is 0 Å². The van der Waals surface area contributed by atoms with Crippen LogP contribution in [-0.4, -0.2) is 4.98 Å². The smallest absolute Gasteiger partial charge is 0.232 e. The summed E-state index contributed by atoms with van der Waals surface area (Å²) in [5.41, 5.74) is 4.54. The second-order valence-corrected chi connectivity index (χ2v) is 4.53. The summed E-state index contributed by atoms with van der Waals surface area (Å²) in [5, 5.41) is 0. The van der Waals surface area contributed by atoms with Gasteiger partial charge in [-0.1, -0.05) is 18.2 Å². The SMILES string of the molecule is Cc1ccccc1-c1c(-c2ncco2)ccc[n+]1C. The zero-order chi connectivity index (χ0) is 13.2. The zero-order valence-corrected chi connectivity index (χ0v) is 11.0. The van der Waals surface area contributed by atoms with Crippen LogP contribution >= 0.6 is 0 Å². The number of aromatic nitrogens is 2. The minimum Gasteiger partial charge on any atom is -0.444 e. The summed E-state index contributed by atoms with van der Waals surface area (Å²) in [6.07, 6.45) is 5.31. The summed E-state index contributed by atoms with van der Waals surface area (Å²) in [6.45, 7) is 2.11. The molecule has 0 unspecified atom stereocenters. The quantitative estimate of drug-likeness (QED) is 0.655. The van der Waals surface area contributed by atoms with E-state index in [1.54, 1.807) is 12.5 Å². The number of benzene rings is 1. The molecule has 2 aromatic heterocycles. The maximum absolute atomic E-state index is 5.45.